The van der Waals surface area contributed by atoms with Gasteiger partial charge in [0.05, 0.1) is 22.4 Å². The molecule has 0 saturated heterocycles. The molecule has 7 heteroatoms. The summed E-state index contributed by atoms with van der Waals surface area (Å²) in [5.41, 5.74) is 1.26. The standard InChI is InChI=1S/C19H18ClNO5/c1-12(2)26-18(22)11-25-15-6-3-13(4-7-15)10-21-14-5-8-17(20)16(9-14)19(23)24/h3-10,12H,11H2,1-2H3,(H,23,24). The molecular formula is C19H18ClNO5. The maximum Gasteiger partial charge on any atom is 0.344 e. The summed E-state index contributed by atoms with van der Waals surface area (Å²) in [5, 5.41) is 9.22. The highest BCUT2D eigenvalue weighted by atomic mass is 35.5. The average molecular weight is 376 g/mol. The van der Waals surface area contributed by atoms with Gasteiger partial charge in [0.15, 0.2) is 6.61 Å². The minimum absolute atomic E-state index is 0.00153. The summed E-state index contributed by atoms with van der Waals surface area (Å²) in [6.07, 6.45) is 1.41. The number of carboxylic acid groups (broad SMARTS) is 1. The molecule has 0 amide bonds. The number of carbonyl (C=O) groups is 2. The maximum absolute atomic E-state index is 11.4. The van der Waals surface area contributed by atoms with Gasteiger partial charge in [-0.1, -0.05) is 11.6 Å². The zero-order valence-electron chi connectivity index (χ0n) is 14.3. The summed E-state index contributed by atoms with van der Waals surface area (Å²) >= 11 is 5.83. The number of carboxylic acids is 1. The van der Waals surface area contributed by atoms with Gasteiger partial charge in [-0.25, -0.2) is 9.59 Å². The van der Waals surface area contributed by atoms with E-state index in [1.165, 1.54) is 12.1 Å². The number of esters is 1. The van der Waals surface area contributed by atoms with E-state index in [4.69, 9.17) is 26.2 Å². The first-order chi connectivity index (χ1) is 12.3. The van der Waals surface area contributed by atoms with Crippen LogP contribution in [0.2, 0.25) is 5.02 Å². The number of halogens is 1. The van der Waals surface area contributed by atoms with Gasteiger partial charge in [0, 0.05) is 6.21 Å². The number of benzene rings is 2. The van der Waals surface area contributed by atoms with Gasteiger partial charge in [-0.05, 0) is 61.9 Å². The third-order valence-electron chi connectivity index (χ3n) is 3.15. The van der Waals surface area contributed by atoms with E-state index in [1.54, 1.807) is 50.4 Å². The maximum atomic E-state index is 11.4. The van der Waals surface area contributed by atoms with Gasteiger partial charge in [0.25, 0.3) is 0 Å². The van der Waals surface area contributed by atoms with Crippen LogP contribution in [0.15, 0.2) is 47.5 Å². The van der Waals surface area contributed by atoms with Crippen molar-refractivity contribution in [3.05, 3.63) is 58.6 Å². The largest absolute Gasteiger partial charge is 0.482 e. The molecule has 0 bridgehead atoms. The molecule has 2 rings (SSSR count). The van der Waals surface area contributed by atoms with E-state index in [-0.39, 0.29) is 23.3 Å². The number of nitrogens with zero attached hydrogens (tertiary/aromatic N) is 1. The minimum atomic E-state index is -1.11. The first kappa shape index (κ1) is 19.5. The lowest BCUT2D eigenvalue weighted by molar-refractivity contribution is -0.149. The Labute approximate surface area is 156 Å². The van der Waals surface area contributed by atoms with Crippen molar-refractivity contribution in [2.75, 3.05) is 6.61 Å². The summed E-state index contributed by atoms with van der Waals surface area (Å²) in [5.74, 6) is -1.00. The van der Waals surface area contributed by atoms with Gasteiger partial charge in [-0.3, -0.25) is 4.99 Å². The molecule has 0 saturated carbocycles. The molecule has 2 aromatic carbocycles. The topological polar surface area (TPSA) is 85.2 Å². The second kappa shape index (κ2) is 9.01. The summed E-state index contributed by atoms with van der Waals surface area (Å²) in [6.45, 7) is 3.38. The highest BCUT2D eigenvalue weighted by molar-refractivity contribution is 6.33. The average Bonchev–Trinajstić information content (AvgIpc) is 2.59. The molecule has 0 aliphatic carbocycles. The molecule has 0 heterocycles. The molecular weight excluding hydrogens is 358 g/mol. The molecule has 2 aromatic rings. The lowest BCUT2D eigenvalue weighted by Gasteiger charge is -2.09. The smallest absolute Gasteiger partial charge is 0.344 e. The second-order valence-electron chi connectivity index (χ2n) is 5.62. The van der Waals surface area contributed by atoms with Crippen molar-refractivity contribution in [1.82, 2.24) is 0 Å². The Bertz CT molecular complexity index is 815. The van der Waals surface area contributed by atoms with E-state index in [0.717, 1.165) is 5.56 Å². The molecule has 0 radical (unpaired) electrons. The van der Waals surface area contributed by atoms with Crippen molar-refractivity contribution < 1.29 is 24.2 Å². The first-order valence-electron chi connectivity index (χ1n) is 7.84. The third kappa shape index (κ3) is 5.89. The van der Waals surface area contributed by atoms with Crippen LogP contribution in [0.4, 0.5) is 5.69 Å². The quantitative estimate of drug-likeness (QED) is 0.581. The Hall–Kier alpha value is -2.86. The van der Waals surface area contributed by atoms with Crippen molar-refractivity contribution in [2.45, 2.75) is 20.0 Å². The van der Waals surface area contributed by atoms with Crippen LogP contribution in [0.5, 0.6) is 5.75 Å². The summed E-state index contributed by atoms with van der Waals surface area (Å²) < 4.78 is 10.3. The predicted molar refractivity (Wildman–Crippen MR) is 98.8 cm³/mol. The van der Waals surface area contributed by atoms with E-state index in [2.05, 4.69) is 4.99 Å². The van der Waals surface area contributed by atoms with E-state index in [9.17, 15) is 9.59 Å². The van der Waals surface area contributed by atoms with Crippen LogP contribution in [-0.2, 0) is 9.53 Å². The summed E-state index contributed by atoms with van der Waals surface area (Å²) in [4.78, 5) is 26.7. The van der Waals surface area contributed by atoms with Crippen LogP contribution >= 0.6 is 11.6 Å². The molecule has 0 fully saturated rings. The first-order valence-corrected chi connectivity index (χ1v) is 8.22. The van der Waals surface area contributed by atoms with E-state index >= 15 is 0 Å². The molecule has 6 nitrogen and oxygen atoms in total. The zero-order valence-corrected chi connectivity index (χ0v) is 15.1. The SMILES string of the molecule is CC(C)OC(=O)COc1ccc(C=Nc2ccc(Cl)c(C(=O)O)c2)cc1. The number of aliphatic imine (C=N–C) groups is 1. The van der Waals surface area contributed by atoms with E-state index in [0.29, 0.717) is 11.4 Å². The predicted octanol–water partition coefficient (Wildman–Crippen LogP) is 4.12. The van der Waals surface area contributed by atoms with Gasteiger partial charge >= 0.3 is 11.9 Å². The second-order valence-corrected chi connectivity index (χ2v) is 6.03. The number of carbonyl (C=O) groups excluding carboxylic acids is 1. The molecule has 0 unspecified atom stereocenters. The molecule has 136 valence electrons. The van der Waals surface area contributed by atoms with Crippen molar-refractivity contribution >= 4 is 35.4 Å². The number of hydrogen-bond acceptors (Lipinski definition) is 5. The number of ether oxygens (including phenoxy) is 2. The van der Waals surface area contributed by atoms with Crippen LogP contribution < -0.4 is 4.74 Å². The van der Waals surface area contributed by atoms with E-state index in [1.807, 2.05) is 0 Å². The Morgan fingerprint density at radius 2 is 1.88 bits per heavy atom. The lowest BCUT2D eigenvalue weighted by atomic mass is 10.2. The molecule has 1 N–H and O–H groups in total. The molecule has 26 heavy (non-hydrogen) atoms. The van der Waals surface area contributed by atoms with Gasteiger partial charge in [0.1, 0.15) is 5.75 Å². The van der Waals surface area contributed by atoms with Crippen molar-refractivity contribution in [1.29, 1.82) is 0 Å². The number of hydrogen-bond donors (Lipinski definition) is 1. The van der Waals surface area contributed by atoms with Crippen LogP contribution in [0.25, 0.3) is 0 Å². The zero-order chi connectivity index (χ0) is 19.1. The normalized spacial score (nSPS) is 10.9. The molecule has 0 spiro atoms. The fourth-order valence-electron chi connectivity index (χ4n) is 2.00. The Morgan fingerprint density at radius 3 is 2.50 bits per heavy atom. The molecule has 0 aliphatic rings. The van der Waals surface area contributed by atoms with Crippen LogP contribution in [0.1, 0.15) is 29.8 Å². The van der Waals surface area contributed by atoms with Gasteiger partial charge in [-0.15, -0.1) is 0 Å². The Morgan fingerprint density at radius 1 is 1.19 bits per heavy atom. The summed E-state index contributed by atoms with van der Waals surface area (Å²) in [6, 6.07) is 11.5. The van der Waals surface area contributed by atoms with Crippen molar-refractivity contribution in [3.63, 3.8) is 0 Å². The Kier molecular flexibility index (Phi) is 6.74. The van der Waals surface area contributed by atoms with Gasteiger partial charge in [0.2, 0.25) is 0 Å². The highest BCUT2D eigenvalue weighted by Gasteiger charge is 2.09. The summed E-state index contributed by atoms with van der Waals surface area (Å²) in [7, 11) is 0. The van der Waals surface area contributed by atoms with E-state index < -0.39 is 11.9 Å². The monoisotopic (exact) mass is 375 g/mol. The number of rotatable bonds is 7. The minimum Gasteiger partial charge on any atom is -0.482 e. The fourth-order valence-corrected chi connectivity index (χ4v) is 2.19. The van der Waals surface area contributed by atoms with Crippen LogP contribution in [0.3, 0.4) is 0 Å². The fraction of sp³-hybridized carbons (Fsp3) is 0.211. The Balaban J connectivity index is 1.98. The third-order valence-corrected chi connectivity index (χ3v) is 3.48. The van der Waals surface area contributed by atoms with Gasteiger partial charge in [-0.2, -0.15) is 0 Å². The molecule has 0 aromatic heterocycles. The van der Waals surface area contributed by atoms with Crippen LogP contribution in [-0.4, -0.2) is 36.0 Å². The molecule has 0 atom stereocenters. The van der Waals surface area contributed by atoms with Crippen molar-refractivity contribution in [2.24, 2.45) is 4.99 Å². The highest BCUT2D eigenvalue weighted by Crippen LogP contribution is 2.22. The number of aromatic carboxylic acids is 1. The lowest BCUT2D eigenvalue weighted by Crippen LogP contribution is -2.18. The molecule has 0 aliphatic heterocycles. The van der Waals surface area contributed by atoms with Crippen LogP contribution in [0, 0.1) is 0 Å². The van der Waals surface area contributed by atoms with Gasteiger partial charge < -0.3 is 14.6 Å². The van der Waals surface area contributed by atoms with Crippen molar-refractivity contribution in [3.8, 4) is 5.75 Å².